The number of ether oxygens (including phenoxy) is 1. The summed E-state index contributed by atoms with van der Waals surface area (Å²) in [6.07, 6.45) is -0.767. The van der Waals surface area contributed by atoms with E-state index in [2.05, 4.69) is 6.07 Å². The Morgan fingerprint density at radius 2 is 1.88 bits per heavy atom. The fraction of sp³-hybridized carbons (Fsp3) is 0.556. The van der Waals surface area contributed by atoms with Crippen molar-refractivity contribution in [1.29, 1.82) is 5.26 Å². The number of aliphatic hydroxyl groups is 1. The molecular formula is C18H23FN2O3. The fourth-order valence-corrected chi connectivity index (χ4v) is 2.83. The van der Waals surface area contributed by atoms with Gasteiger partial charge in [0.05, 0.1) is 17.6 Å². The highest BCUT2D eigenvalue weighted by Gasteiger charge is 2.43. The lowest BCUT2D eigenvalue weighted by Crippen LogP contribution is -2.46. The number of halogens is 1. The highest BCUT2D eigenvalue weighted by Crippen LogP contribution is 2.42. The normalized spacial score (nSPS) is 18.6. The summed E-state index contributed by atoms with van der Waals surface area (Å²) in [5.41, 5.74) is -1.06. The zero-order valence-corrected chi connectivity index (χ0v) is 14.3. The summed E-state index contributed by atoms with van der Waals surface area (Å²) in [6.45, 7) is 6.06. The molecule has 1 aromatic carbocycles. The Labute approximate surface area is 141 Å². The average molecular weight is 334 g/mol. The van der Waals surface area contributed by atoms with Crippen LogP contribution in [-0.4, -0.2) is 34.8 Å². The molecule has 0 aliphatic carbocycles. The number of nitrogens with zero attached hydrogens (tertiary/aromatic N) is 2. The number of aliphatic hydroxyl groups excluding tert-OH is 1. The van der Waals surface area contributed by atoms with Gasteiger partial charge in [-0.15, -0.1) is 0 Å². The summed E-state index contributed by atoms with van der Waals surface area (Å²) in [6, 6.07) is 7.71. The molecule has 1 aromatic rings. The van der Waals surface area contributed by atoms with E-state index in [0.717, 1.165) is 0 Å². The van der Waals surface area contributed by atoms with Crippen LogP contribution < -0.4 is 0 Å². The summed E-state index contributed by atoms with van der Waals surface area (Å²) in [4.78, 5) is 13.7. The van der Waals surface area contributed by atoms with Crippen molar-refractivity contribution in [2.45, 2.75) is 45.3 Å². The van der Waals surface area contributed by atoms with Gasteiger partial charge in [0.2, 0.25) is 0 Å². The van der Waals surface area contributed by atoms with Crippen LogP contribution in [-0.2, 0) is 4.74 Å². The number of rotatable bonds is 2. The first kappa shape index (κ1) is 18.2. The third-order valence-electron chi connectivity index (χ3n) is 4.24. The van der Waals surface area contributed by atoms with E-state index in [9.17, 15) is 19.6 Å². The predicted molar refractivity (Wildman–Crippen MR) is 86.4 cm³/mol. The first-order valence-corrected chi connectivity index (χ1v) is 8.00. The molecule has 1 aliphatic rings. The van der Waals surface area contributed by atoms with Crippen LogP contribution in [0.3, 0.4) is 0 Å². The zero-order chi connectivity index (χ0) is 18.0. The molecule has 1 atom stereocenters. The number of likely N-dealkylation sites (tertiary alicyclic amines) is 1. The predicted octanol–water partition coefficient (Wildman–Crippen LogP) is 3.40. The average Bonchev–Trinajstić information content (AvgIpc) is 2.53. The fourth-order valence-electron chi connectivity index (χ4n) is 2.83. The maximum atomic E-state index is 13.0. The third kappa shape index (κ3) is 4.04. The van der Waals surface area contributed by atoms with E-state index >= 15 is 0 Å². The molecule has 0 spiro atoms. The minimum Gasteiger partial charge on any atom is -0.444 e. The number of amides is 1. The van der Waals surface area contributed by atoms with Gasteiger partial charge in [-0.25, -0.2) is 9.18 Å². The number of hydrogen-bond donors (Lipinski definition) is 1. The summed E-state index contributed by atoms with van der Waals surface area (Å²) in [5.74, 6) is -0.392. The Hall–Kier alpha value is -2.13. The Balaban J connectivity index is 2.07. The minimum atomic E-state index is -1.02. The van der Waals surface area contributed by atoms with E-state index in [1.807, 2.05) is 0 Å². The van der Waals surface area contributed by atoms with E-state index in [4.69, 9.17) is 4.74 Å². The van der Waals surface area contributed by atoms with Gasteiger partial charge >= 0.3 is 6.09 Å². The van der Waals surface area contributed by atoms with Crippen molar-refractivity contribution in [3.8, 4) is 6.07 Å². The Morgan fingerprint density at radius 1 is 1.33 bits per heavy atom. The molecule has 0 bridgehead atoms. The second kappa shape index (κ2) is 6.78. The molecule has 0 aromatic heterocycles. The molecule has 5 nitrogen and oxygen atoms in total. The molecule has 1 amide bonds. The van der Waals surface area contributed by atoms with Crippen LogP contribution in [0.4, 0.5) is 9.18 Å². The van der Waals surface area contributed by atoms with Gasteiger partial charge in [-0.1, -0.05) is 12.1 Å². The summed E-state index contributed by atoms with van der Waals surface area (Å²) in [5, 5.41) is 20.2. The van der Waals surface area contributed by atoms with Gasteiger partial charge in [-0.05, 0) is 51.3 Å². The molecule has 6 heteroatoms. The number of carbonyl (C=O) groups is 1. The first-order chi connectivity index (χ1) is 11.2. The Morgan fingerprint density at radius 3 is 2.33 bits per heavy atom. The lowest BCUT2D eigenvalue weighted by atomic mass is 9.73. The lowest BCUT2D eigenvalue weighted by Gasteiger charge is -2.40. The Kier molecular flexibility index (Phi) is 5.14. The van der Waals surface area contributed by atoms with Crippen molar-refractivity contribution in [1.82, 2.24) is 4.90 Å². The van der Waals surface area contributed by atoms with Crippen LogP contribution in [0.2, 0.25) is 0 Å². The second-order valence-electron chi connectivity index (χ2n) is 7.19. The molecule has 0 radical (unpaired) electrons. The van der Waals surface area contributed by atoms with Crippen molar-refractivity contribution in [3.63, 3.8) is 0 Å². The molecule has 1 N–H and O–H groups in total. The topological polar surface area (TPSA) is 73.6 Å². The standard InChI is InChI=1S/C18H23FN2O3/c1-17(2,3)24-16(23)21-10-8-18(12-20,9-11-21)15(22)13-4-6-14(19)7-5-13/h4-7,15,22H,8-11H2,1-3H3. The van der Waals surface area contributed by atoms with Gasteiger partial charge in [-0.3, -0.25) is 0 Å². The van der Waals surface area contributed by atoms with Gasteiger partial charge in [0.1, 0.15) is 11.4 Å². The quantitative estimate of drug-likeness (QED) is 0.899. The van der Waals surface area contributed by atoms with Crippen molar-refractivity contribution < 1.29 is 19.0 Å². The highest BCUT2D eigenvalue weighted by atomic mass is 19.1. The van der Waals surface area contributed by atoms with E-state index in [-0.39, 0.29) is 0 Å². The van der Waals surface area contributed by atoms with Gasteiger partial charge in [0.15, 0.2) is 0 Å². The highest BCUT2D eigenvalue weighted by molar-refractivity contribution is 5.68. The summed E-state index contributed by atoms with van der Waals surface area (Å²) < 4.78 is 18.4. The van der Waals surface area contributed by atoms with Gasteiger partial charge in [0, 0.05) is 13.1 Å². The van der Waals surface area contributed by atoms with Crippen LogP contribution in [0.1, 0.15) is 45.3 Å². The van der Waals surface area contributed by atoms with Crippen LogP contribution in [0.15, 0.2) is 24.3 Å². The van der Waals surface area contributed by atoms with Crippen molar-refractivity contribution in [2.75, 3.05) is 13.1 Å². The van der Waals surface area contributed by atoms with Gasteiger partial charge in [-0.2, -0.15) is 5.26 Å². The van der Waals surface area contributed by atoms with Crippen LogP contribution in [0, 0.1) is 22.6 Å². The molecular weight excluding hydrogens is 311 g/mol. The van der Waals surface area contributed by atoms with Crippen LogP contribution >= 0.6 is 0 Å². The number of hydrogen-bond acceptors (Lipinski definition) is 4. The van der Waals surface area contributed by atoms with Crippen LogP contribution in [0.5, 0.6) is 0 Å². The number of carbonyl (C=O) groups excluding carboxylic acids is 1. The molecule has 2 rings (SSSR count). The van der Waals surface area contributed by atoms with E-state index in [1.54, 1.807) is 25.7 Å². The monoisotopic (exact) mass is 334 g/mol. The molecule has 24 heavy (non-hydrogen) atoms. The summed E-state index contributed by atoms with van der Waals surface area (Å²) in [7, 11) is 0. The summed E-state index contributed by atoms with van der Waals surface area (Å²) >= 11 is 0. The minimum absolute atomic E-state index is 0.334. The number of piperidine rings is 1. The maximum absolute atomic E-state index is 13.0. The Bertz CT molecular complexity index is 623. The number of benzene rings is 1. The molecule has 130 valence electrons. The molecule has 1 fully saturated rings. The molecule has 1 saturated heterocycles. The zero-order valence-electron chi connectivity index (χ0n) is 14.3. The van der Waals surface area contributed by atoms with E-state index in [0.29, 0.717) is 31.5 Å². The number of nitriles is 1. The molecule has 1 aliphatic heterocycles. The first-order valence-electron chi connectivity index (χ1n) is 8.00. The molecule has 1 unspecified atom stereocenters. The smallest absolute Gasteiger partial charge is 0.410 e. The third-order valence-corrected chi connectivity index (χ3v) is 4.24. The van der Waals surface area contributed by atoms with E-state index < -0.39 is 29.0 Å². The van der Waals surface area contributed by atoms with Crippen molar-refractivity contribution in [2.24, 2.45) is 5.41 Å². The van der Waals surface area contributed by atoms with Gasteiger partial charge in [0.25, 0.3) is 0 Å². The second-order valence-corrected chi connectivity index (χ2v) is 7.19. The SMILES string of the molecule is CC(C)(C)OC(=O)N1CCC(C#N)(C(O)c2ccc(F)cc2)CC1. The van der Waals surface area contributed by atoms with Crippen LogP contribution in [0.25, 0.3) is 0 Å². The lowest BCUT2D eigenvalue weighted by molar-refractivity contribution is -0.0101. The molecule has 1 heterocycles. The van der Waals surface area contributed by atoms with Crippen molar-refractivity contribution >= 4 is 6.09 Å². The molecule has 0 saturated carbocycles. The maximum Gasteiger partial charge on any atom is 0.410 e. The van der Waals surface area contributed by atoms with E-state index in [1.165, 1.54) is 24.3 Å². The van der Waals surface area contributed by atoms with Crippen molar-refractivity contribution in [3.05, 3.63) is 35.6 Å². The van der Waals surface area contributed by atoms with Gasteiger partial charge < -0.3 is 14.7 Å². The largest absolute Gasteiger partial charge is 0.444 e.